The summed E-state index contributed by atoms with van der Waals surface area (Å²) in [5.74, 6) is 1.21. The summed E-state index contributed by atoms with van der Waals surface area (Å²) < 4.78 is 25.0. The summed E-state index contributed by atoms with van der Waals surface area (Å²) in [6, 6.07) is 0. The maximum absolute atomic E-state index is 11.7. The van der Waals surface area contributed by atoms with Crippen LogP contribution in [0.1, 0.15) is 26.7 Å². The summed E-state index contributed by atoms with van der Waals surface area (Å²) >= 11 is 0. The van der Waals surface area contributed by atoms with Crippen LogP contribution in [0.25, 0.3) is 0 Å². The molecule has 13 heavy (non-hydrogen) atoms. The second-order valence-corrected chi connectivity index (χ2v) is 6.78. The van der Waals surface area contributed by atoms with Crippen LogP contribution in [0.3, 0.4) is 0 Å². The molecule has 0 radical (unpaired) electrons. The molecule has 1 heterocycles. The van der Waals surface area contributed by atoms with Crippen LogP contribution in [0.4, 0.5) is 0 Å². The maximum atomic E-state index is 11.7. The van der Waals surface area contributed by atoms with Gasteiger partial charge in [-0.2, -0.15) is 0 Å². The molecule has 3 nitrogen and oxygen atoms in total. The van der Waals surface area contributed by atoms with Gasteiger partial charge in [-0.05, 0) is 24.7 Å². The van der Waals surface area contributed by atoms with Gasteiger partial charge in [-0.15, -0.1) is 0 Å². The molecule has 0 aromatic heterocycles. The molecule has 0 spiro atoms. The first kappa shape index (κ1) is 9.46. The minimum Gasteiger partial charge on any atom is -0.212 e. The lowest BCUT2D eigenvalue weighted by Gasteiger charge is -2.40. The highest BCUT2D eigenvalue weighted by atomic mass is 32.2. The molecule has 2 rings (SSSR count). The molecule has 1 aliphatic carbocycles. The Bertz CT molecular complexity index is 287. The van der Waals surface area contributed by atoms with Crippen molar-refractivity contribution in [2.45, 2.75) is 31.9 Å². The quantitative estimate of drug-likeness (QED) is 0.688. The van der Waals surface area contributed by atoms with E-state index in [-0.39, 0.29) is 5.25 Å². The van der Waals surface area contributed by atoms with Gasteiger partial charge in [0.25, 0.3) is 0 Å². The fourth-order valence-corrected chi connectivity index (χ4v) is 3.63. The fraction of sp³-hybridized carbons (Fsp3) is 1.00. The van der Waals surface area contributed by atoms with E-state index in [1.807, 2.05) is 0 Å². The van der Waals surface area contributed by atoms with Crippen molar-refractivity contribution in [2.24, 2.45) is 11.8 Å². The third kappa shape index (κ3) is 1.62. The van der Waals surface area contributed by atoms with Crippen LogP contribution in [0.5, 0.6) is 0 Å². The topological polar surface area (TPSA) is 37.4 Å². The van der Waals surface area contributed by atoms with Crippen LogP contribution in [-0.4, -0.2) is 31.1 Å². The number of nitrogens with zero attached hydrogens (tertiary/aromatic N) is 1. The molecule has 4 heteroatoms. The summed E-state index contributed by atoms with van der Waals surface area (Å²) in [6.45, 7) is 5.84. The second kappa shape index (κ2) is 2.95. The Kier molecular flexibility index (Phi) is 2.15. The van der Waals surface area contributed by atoms with Crippen molar-refractivity contribution >= 4 is 10.0 Å². The Hall–Kier alpha value is -0.0900. The lowest BCUT2D eigenvalue weighted by atomic mass is 9.91. The van der Waals surface area contributed by atoms with Crippen molar-refractivity contribution in [3.05, 3.63) is 0 Å². The number of hydrogen-bond donors (Lipinski definition) is 0. The zero-order valence-corrected chi connectivity index (χ0v) is 9.05. The minimum atomic E-state index is -2.86. The molecule has 0 bridgehead atoms. The maximum Gasteiger partial charge on any atom is 0.217 e. The first-order valence-electron chi connectivity index (χ1n) is 5.01. The molecule has 0 aromatic carbocycles. The number of hydrogen-bond acceptors (Lipinski definition) is 2. The van der Waals surface area contributed by atoms with Crippen LogP contribution in [-0.2, 0) is 10.0 Å². The first-order chi connectivity index (χ1) is 6.01. The van der Waals surface area contributed by atoms with Crippen molar-refractivity contribution in [1.29, 1.82) is 0 Å². The van der Waals surface area contributed by atoms with Gasteiger partial charge in [0.15, 0.2) is 0 Å². The van der Waals surface area contributed by atoms with Crippen LogP contribution < -0.4 is 0 Å². The van der Waals surface area contributed by atoms with E-state index in [4.69, 9.17) is 0 Å². The minimum absolute atomic E-state index is 0.0272. The molecular formula is C9H17NO2S. The van der Waals surface area contributed by atoms with E-state index in [9.17, 15) is 8.42 Å². The third-order valence-electron chi connectivity index (χ3n) is 3.12. The highest BCUT2D eigenvalue weighted by molar-refractivity contribution is 7.90. The molecule has 1 saturated carbocycles. The molecule has 0 amide bonds. The van der Waals surface area contributed by atoms with Gasteiger partial charge in [0.2, 0.25) is 10.0 Å². The average molecular weight is 203 g/mol. The Morgan fingerprint density at radius 2 is 1.77 bits per heavy atom. The average Bonchev–Trinajstić information content (AvgIpc) is 2.59. The van der Waals surface area contributed by atoms with Crippen LogP contribution in [0.2, 0.25) is 0 Å². The smallest absolute Gasteiger partial charge is 0.212 e. The lowest BCUT2D eigenvalue weighted by molar-refractivity contribution is 0.152. The van der Waals surface area contributed by atoms with Crippen LogP contribution in [0.15, 0.2) is 0 Å². The molecule has 0 N–H and O–H groups in total. The van der Waals surface area contributed by atoms with Gasteiger partial charge in [0.05, 0.1) is 5.25 Å². The van der Waals surface area contributed by atoms with Crippen molar-refractivity contribution in [1.82, 2.24) is 4.31 Å². The van der Waals surface area contributed by atoms with Crippen molar-refractivity contribution in [3.8, 4) is 0 Å². The van der Waals surface area contributed by atoms with E-state index >= 15 is 0 Å². The Morgan fingerprint density at radius 1 is 1.23 bits per heavy atom. The predicted octanol–water partition coefficient (Wildman–Crippen LogP) is 1.07. The molecule has 0 unspecified atom stereocenters. The summed E-state index contributed by atoms with van der Waals surface area (Å²) in [4.78, 5) is 0. The highest BCUT2D eigenvalue weighted by Gasteiger charge is 2.45. The summed E-state index contributed by atoms with van der Waals surface area (Å²) in [6.07, 6.45) is 1.76. The normalized spacial score (nSPS) is 26.4. The van der Waals surface area contributed by atoms with Gasteiger partial charge in [0, 0.05) is 13.1 Å². The van der Waals surface area contributed by atoms with Gasteiger partial charge >= 0.3 is 0 Å². The summed E-state index contributed by atoms with van der Waals surface area (Å²) in [7, 11) is -2.86. The molecule has 2 aliphatic rings. The summed E-state index contributed by atoms with van der Waals surface area (Å²) in [5, 5.41) is -0.0272. The molecule has 2 fully saturated rings. The fourth-order valence-electron chi connectivity index (χ4n) is 1.68. The summed E-state index contributed by atoms with van der Waals surface area (Å²) in [5.41, 5.74) is 0. The van der Waals surface area contributed by atoms with E-state index in [2.05, 4.69) is 13.8 Å². The first-order valence-corrected chi connectivity index (χ1v) is 6.51. The highest BCUT2D eigenvalue weighted by Crippen LogP contribution is 2.35. The SMILES string of the molecule is CC(C)C1CN(S(=O)(=O)C2CC2)C1. The van der Waals surface area contributed by atoms with Crippen molar-refractivity contribution < 1.29 is 8.42 Å². The largest absolute Gasteiger partial charge is 0.217 e. The lowest BCUT2D eigenvalue weighted by Crippen LogP contribution is -2.52. The van der Waals surface area contributed by atoms with E-state index in [0.29, 0.717) is 11.8 Å². The van der Waals surface area contributed by atoms with E-state index in [0.717, 1.165) is 25.9 Å². The van der Waals surface area contributed by atoms with Gasteiger partial charge in [-0.3, -0.25) is 0 Å². The molecule has 0 atom stereocenters. The van der Waals surface area contributed by atoms with E-state index < -0.39 is 10.0 Å². The predicted molar refractivity (Wildman–Crippen MR) is 51.8 cm³/mol. The van der Waals surface area contributed by atoms with Gasteiger partial charge in [-0.25, -0.2) is 12.7 Å². The number of rotatable bonds is 3. The molecule has 1 aliphatic heterocycles. The van der Waals surface area contributed by atoms with Crippen molar-refractivity contribution in [2.75, 3.05) is 13.1 Å². The Balaban J connectivity index is 1.92. The van der Waals surface area contributed by atoms with Gasteiger partial charge < -0.3 is 0 Å². The Labute approximate surface area is 80.2 Å². The van der Waals surface area contributed by atoms with Crippen LogP contribution >= 0.6 is 0 Å². The molecule has 1 saturated heterocycles. The number of sulfonamides is 1. The standard InChI is InChI=1S/C9H17NO2S/c1-7(2)8-5-10(6-8)13(11,12)9-3-4-9/h7-9H,3-6H2,1-2H3. The molecule has 0 aromatic rings. The zero-order chi connectivity index (χ0) is 9.64. The third-order valence-corrected chi connectivity index (χ3v) is 5.46. The molecular weight excluding hydrogens is 186 g/mol. The molecule has 76 valence electrons. The second-order valence-electron chi connectivity index (χ2n) is 4.57. The monoisotopic (exact) mass is 203 g/mol. The van der Waals surface area contributed by atoms with Gasteiger partial charge in [-0.1, -0.05) is 13.8 Å². The zero-order valence-electron chi connectivity index (χ0n) is 8.23. The van der Waals surface area contributed by atoms with Crippen LogP contribution in [0, 0.1) is 11.8 Å². The van der Waals surface area contributed by atoms with E-state index in [1.54, 1.807) is 4.31 Å². The van der Waals surface area contributed by atoms with Crippen molar-refractivity contribution in [3.63, 3.8) is 0 Å². The Morgan fingerprint density at radius 3 is 2.15 bits per heavy atom. The van der Waals surface area contributed by atoms with Gasteiger partial charge in [0.1, 0.15) is 0 Å². The van der Waals surface area contributed by atoms with E-state index in [1.165, 1.54) is 0 Å².